The molecule has 0 bridgehead atoms. The molecule has 1 heterocycles. The molecule has 5 heteroatoms. The molecule has 0 aromatic heterocycles. The molecule has 1 aliphatic rings. The molecule has 1 fully saturated rings. The maximum Gasteiger partial charge on any atom is 0.335 e. The predicted molar refractivity (Wildman–Crippen MR) is 135 cm³/mol. The minimum absolute atomic E-state index is 0.0257. The van der Waals surface area contributed by atoms with E-state index in [4.69, 9.17) is 5.11 Å². The van der Waals surface area contributed by atoms with Gasteiger partial charge < -0.3 is 15.1 Å². The van der Waals surface area contributed by atoms with Crippen molar-refractivity contribution >= 4 is 11.9 Å². The zero-order chi connectivity index (χ0) is 24.3. The average Bonchev–Trinajstić information content (AvgIpc) is 3.20. The van der Waals surface area contributed by atoms with Gasteiger partial charge in [0.1, 0.15) is 0 Å². The number of carboxylic acid groups (broad SMARTS) is 1. The summed E-state index contributed by atoms with van der Waals surface area (Å²) in [5.74, 6) is -0.595. The Labute approximate surface area is 203 Å². The van der Waals surface area contributed by atoms with E-state index in [1.807, 2.05) is 29.2 Å². The third kappa shape index (κ3) is 7.84. The number of amides is 1. The second-order valence-electron chi connectivity index (χ2n) is 9.39. The Bertz CT molecular complexity index is 956. The van der Waals surface area contributed by atoms with Crippen molar-refractivity contribution in [1.82, 2.24) is 4.90 Å². The summed E-state index contributed by atoms with van der Waals surface area (Å²) in [6, 6.07) is 17.5. The number of benzene rings is 2. The Balaban J connectivity index is 1.42. The molecule has 182 valence electrons. The molecule has 1 amide bonds. The molecule has 34 heavy (non-hydrogen) atoms. The highest BCUT2D eigenvalue weighted by Gasteiger charge is 2.28. The predicted octanol–water partition coefficient (Wildman–Crippen LogP) is 5.27. The zero-order valence-corrected chi connectivity index (χ0v) is 20.1. The largest absolute Gasteiger partial charge is 0.478 e. The van der Waals surface area contributed by atoms with Crippen molar-refractivity contribution in [3.63, 3.8) is 0 Å². The zero-order valence-electron chi connectivity index (χ0n) is 20.1. The number of hydrogen-bond acceptors (Lipinski definition) is 3. The van der Waals surface area contributed by atoms with Crippen LogP contribution in [-0.4, -0.2) is 45.7 Å². The van der Waals surface area contributed by atoms with E-state index < -0.39 is 12.1 Å². The van der Waals surface area contributed by atoms with Gasteiger partial charge in [-0.1, -0.05) is 68.0 Å². The van der Waals surface area contributed by atoms with Gasteiger partial charge in [-0.2, -0.15) is 0 Å². The van der Waals surface area contributed by atoms with Gasteiger partial charge in [-0.15, -0.1) is 0 Å². The molecular formula is C29H37NO4. The Morgan fingerprint density at radius 2 is 1.79 bits per heavy atom. The minimum atomic E-state index is -0.925. The highest BCUT2D eigenvalue weighted by Crippen LogP contribution is 2.22. The number of likely N-dealkylation sites (tertiary alicyclic amines) is 1. The average molecular weight is 464 g/mol. The van der Waals surface area contributed by atoms with Crippen LogP contribution in [0.5, 0.6) is 0 Å². The maximum atomic E-state index is 12.4. The number of aliphatic hydroxyl groups is 1. The number of nitrogens with zero attached hydrogens (tertiary/aromatic N) is 1. The van der Waals surface area contributed by atoms with Crippen LogP contribution in [0.2, 0.25) is 0 Å². The van der Waals surface area contributed by atoms with Crippen molar-refractivity contribution in [2.45, 2.75) is 70.4 Å². The van der Waals surface area contributed by atoms with E-state index in [-0.39, 0.29) is 17.9 Å². The Kier molecular flexibility index (Phi) is 9.89. The lowest BCUT2D eigenvalue weighted by Gasteiger charge is -2.23. The molecule has 0 radical (unpaired) electrons. The van der Waals surface area contributed by atoms with E-state index in [0.29, 0.717) is 18.5 Å². The molecule has 1 saturated heterocycles. The lowest BCUT2D eigenvalue weighted by Crippen LogP contribution is -2.33. The van der Waals surface area contributed by atoms with Crippen molar-refractivity contribution in [1.29, 1.82) is 0 Å². The standard InChI is InChI=1S/C29H37NO4/c1-22(9-5-6-12-23-10-3-2-4-11-23)27(31)18-16-26-17-19-28(32)30(26)20-8-14-24-13-7-15-25(21-24)29(33)34/h2-4,7,10-11,13,15-16,18,21-22,26-27,31H,5-6,8-9,12,14,17,19-20H2,1H3,(H,33,34)/t22-,26-,27-/m0/s1. The molecule has 5 nitrogen and oxygen atoms in total. The van der Waals surface area contributed by atoms with Gasteiger partial charge in [0.15, 0.2) is 0 Å². The second-order valence-corrected chi connectivity index (χ2v) is 9.39. The first-order valence-electron chi connectivity index (χ1n) is 12.5. The number of aromatic carboxylic acids is 1. The molecule has 2 aromatic rings. The van der Waals surface area contributed by atoms with Crippen molar-refractivity contribution in [3.05, 3.63) is 83.4 Å². The SMILES string of the molecule is C[C@@H](CCCCc1ccccc1)[C@@H](O)C=C[C@H]1CCC(=O)N1CCCc1cccc(C(=O)O)c1. The van der Waals surface area contributed by atoms with E-state index in [1.165, 1.54) is 5.56 Å². The lowest BCUT2D eigenvalue weighted by atomic mass is 9.95. The van der Waals surface area contributed by atoms with E-state index in [1.54, 1.807) is 18.2 Å². The fraction of sp³-hybridized carbons (Fsp3) is 0.448. The summed E-state index contributed by atoms with van der Waals surface area (Å²) in [7, 11) is 0. The molecule has 2 aromatic carbocycles. The van der Waals surface area contributed by atoms with Crippen LogP contribution < -0.4 is 0 Å². The second kappa shape index (κ2) is 13.1. The number of aliphatic hydroxyl groups excluding tert-OH is 1. The highest BCUT2D eigenvalue weighted by molar-refractivity contribution is 5.87. The van der Waals surface area contributed by atoms with Gasteiger partial charge in [0, 0.05) is 13.0 Å². The first-order valence-corrected chi connectivity index (χ1v) is 12.5. The molecule has 0 saturated carbocycles. The van der Waals surface area contributed by atoms with Gasteiger partial charge in [0.2, 0.25) is 5.91 Å². The number of carbonyl (C=O) groups excluding carboxylic acids is 1. The molecule has 0 unspecified atom stereocenters. The Morgan fingerprint density at radius 3 is 2.56 bits per heavy atom. The topological polar surface area (TPSA) is 77.8 Å². The summed E-state index contributed by atoms with van der Waals surface area (Å²) < 4.78 is 0. The van der Waals surface area contributed by atoms with Crippen molar-refractivity contribution in [2.24, 2.45) is 5.92 Å². The van der Waals surface area contributed by atoms with Crippen molar-refractivity contribution in [2.75, 3.05) is 6.54 Å². The van der Waals surface area contributed by atoms with Crippen LogP contribution >= 0.6 is 0 Å². The monoisotopic (exact) mass is 463 g/mol. The minimum Gasteiger partial charge on any atom is -0.478 e. The normalized spacial score (nSPS) is 17.9. The number of carboxylic acids is 1. The Morgan fingerprint density at radius 1 is 1.06 bits per heavy atom. The number of carbonyl (C=O) groups is 2. The number of aryl methyl sites for hydroxylation is 2. The van der Waals surface area contributed by atoms with Crippen LogP contribution in [0, 0.1) is 5.92 Å². The van der Waals surface area contributed by atoms with Crippen LogP contribution in [0.4, 0.5) is 0 Å². The summed E-state index contributed by atoms with van der Waals surface area (Å²) in [4.78, 5) is 25.4. The molecule has 1 aliphatic heterocycles. The lowest BCUT2D eigenvalue weighted by molar-refractivity contribution is -0.128. The van der Waals surface area contributed by atoms with E-state index in [2.05, 4.69) is 31.2 Å². The first kappa shape index (κ1) is 25.7. The summed E-state index contributed by atoms with van der Waals surface area (Å²) in [5, 5.41) is 19.8. The molecular weight excluding hydrogens is 426 g/mol. The molecule has 0 aliphatic carbocycles. The van der Waals surface area contributed by atoms with Crippen LogP contribution in [-0.2, 0) is 17.6 Å². The van der Waals surface area contributed by atoms with Crippen molar-refractivity contribution < 1.29 is 19.8 Å². The van der Waals surface area contributed by atoms with Crippen LogP contribution in [0.3, 0.4) is 0 Å². The van der Waals surface area contributed by atoms with Crippen LogP contribution in [0.25, 0.3) is 0 Å². The molecule has 3 atom stereocenters. The van der Waals surface area contributed by atoms with E-state index in [0.717, 1.165) is 50.5 Å². The number of unbranched alkanes of at least 4 members (excludes halogenated alkanes) is 1. The van der Waals surface area contributed by atoms with Gasteiger partial charge >= 0.3 is 5.97 Å². The van der Waals surface area contributed by atoms with Gasteiger partial charge in [-0.25, -0.2) is 4.79 Å². The maximum absolute atomic E-state index is 12.4. The first-order chi connectivity index (χ1) is 16.4. The van der Waals surface area contributed by atoms with Crippen molar-refractivity contribution in [3.8, 4) is 0 Å². The van der Waals surface area contributed by atoms with Gasteiger partial charge in [0.25, 0.3) is 0 Å². The van der Waals surface area contributed by atoms with E-state index in [9.17, 15) is 14.7 Å². The summed E-state index contributed by atoms with van der Waals surface area (Å²) in [5.41, 5.74) is 2.62. The smallest absolute Gasteiger partial charge is 0.335 e. The highest BCUT2D eigenvalue weighted by atomic mass is 16.4. The van der Waals surface area contributed by atoms with E-state index >= 15 is 0 Å². The third-order valence-electron chi connectivity index (χ3n) is 6.74. The van der Waals surface area contributed by atoms with Gasteiger partial charge in [0.05, 0.1) is 17.7 Å². The van der Waals surface area contributed by atoms with Gasteiger partial charge in [-0.05, 0) is 67.7 Å². The summed E-state index contributed by atoms with van der Waals surface area (Å²) in [6.45, 7) is 2.72. The fourth-order valence-corrected chi connectivity index (χ4v) is 4.60. The number of rotatable bonds is 13. The molecule has 0 spiro atoms. The fourth-order valence-electron chi connectivity index (χ4n) is 4.60. The number of hydrogen-bond donors (Lipinski definition) is 2. The molecule has 3 rings (SSSR count). The quantitative estimate of drug-likeness (QED) is 0.313. The van der Waals surface area contributed by atoms with Gasteiger partial charge in [-0.3, -0.25) is 4.79 Å². The Hall–Kier alpha value is -2.92. The summed E-state index contributed by atoms with van der Waals surface area (Å²) >= 11 is 0. The molecule has 2 N–H and O–H groups in total. The van der Waals surface area contributed by atoms with Crippen LogP contribution in [0.15, 0.2) is 66.7 Å². The third-order valence-corrected chi connectivity index (χ3v) is 6.74. The summed E-state index contributed by atoms with van der Waals surface area (Å²) in [6.07, 6.45) is 10.4. The van der Waals surface area contributed by atoms with Crippen LogP contribution in [0.1, 0.15) is 66.9 Å².